The first kappa shape index (κ1) is 39.9. The number of carboxylic acids is 1. The molecule has 0 bridgehead atoms. The number of halogens is 4. The van der Waals surface area contributed by atoms with Crippen LogP contribution in [0.4, 0.5) is 17.6 Å². The van der Waals surface area contributed by atoms with Gasteiger partial charge in [-0.25, -0.2) is 9.59 Å². The lowest BCUT2D eigenvalue weighted by Crippen LogP contribution is -2.28. The summed E-state index contributed by atoms with van der Waals surface area (Å²) >= 11 is 0. The van der Waals surface area contributed by atoms with E-state index >= 15 is 0 Å². The van der Waals surface area contributed by atoms with E-state index in [1.807, 2.05) is 13.8 Å². The molecule has 0 aromatic heterocycles. The molecule has 0 unspecified atom stereocenters. The molecule has 0 aliphatic heterocycles. The fourth-order valence-corrected chi connectivity index (χ4v) is 5.17. The van der Waals surface area contributed by atoms with Gasteiger partial charge in [-0.2, -0.15) is 17.6 Å². The summed E-state index contributed by atoms with van der Waals surface area (Å²) in [7, 11) is 4.30. The number of carboxylic acid groups (broad SMARTS) is 1. The lowest BCUT2D eigenvalue weighted by Gasteiger charge is -2.21. The van der Waals surface area contributed by atoms with Gasteiger partial charge in [0.25, 0.3) is 23.7 Å². The molecule has 0 atom stereocenters. The molecule has 51 heavy (non-hydrogen) atoms. The average Bonchev–Trinajstić information content (AvgIpc) is 3.14. The number of methoxy groups -OCH3 is 1. The van der Waals surface area contributed by atoms with E-state index in [-0.39, 0.29) is 33.4 Å². The van der Waals surface area contributed by atoms with Crippen molar-refractivity contribution in [1.82, 2.24) is 9.80 Å². The number of alkyl halides is 4. The Morgan fingerprint density at radius 2 is 0.941 bits per heavy atom. The highest BCUT2D eigenvalue weighted by atomic mass is 19.3. The number of aromatic carboxylic acids is 1. The standard InChI is InChI=1S/C20H21F2NO3.C19H19F2NO3/c1-4-10-23(2)18(24)14-11-15(19(25)26-3)13-17(12-14)20(21,22)16-8-6-5-7-9-16;1-3-9-22(2)17(23)13-10-14(18(24)25)12-16(11-13)19(20,21)15-7-5-4-6-8-15/h5-9,11-13H,4,10H2,1-3H3;4-8,10-12H,3,9H2,1-2H3,(H,24,25). The maximum absolute atomic E-state index is 15.0. The number of esters is 1. The first-order chi connectivity index (χ1) is 24.1. The van der Waals surface area contributed by atoms with E-state index in [0.29, 0.717) is 19.5 Å². The zero-order chi connectivity index (χ0) is 37.9. The Labute approximate surface area is 294 Å². The van der Waals surface area contributed by atoms with Crippen LogP contribution in [0, 0.1) is 0 Å². The lowest BCUT2D eigenvalue weighted by atomic mass is 9.96. The van der Waals surface area contributed by atoms with Crippen molar-refractivity contribution in [3.63, 3.8) is 0 Å². The number of benzene rings is 4. The summed E-state index contributed by atoms with van der Waals surface area (Å²) < 4.78 is 64.2. The van der Waals surface area contributed by atoms with E-state index in [0.717, 1.165) is 43.9 Å². The molecule has 0 spiro atoms. The van der Waals surface area contributed by atoms with Crippen LogP contribution in [0.2, 0.25) is 0 Å². The molecule has 1 N–H and O–H groups in total. The fourth-order valence-electron chi connectivity index (χ4n) is 5.17. The van der Waals surface area contributed by atoms with E-state index in [2.05, 4.69) is 4.74 Å². The molecule has 270 valence electrons. The molecule has 0 fully saturated rings. The van der Waals surface area contributed by atoms with E-state index in [9.17, 15) is 41.8 Å². The van der Waals surface area contributed by atoms with Gasteiger partial charge in [0.2, 0.25) is 0 Å². The number of ether oxygens (including phenoxy) is 1. The largest absolute Gasteiger partial charge is 0.478 e. The van der Waals surface area contributed by atoms with Crippen LogP contribution >= 0.6 is 0 Å². The highest BCUT2D eigenvalue weighted by Gasteiger charge is 2.37. The molecule has 0 saturated heterocycles. The van der Waals surface area contributed by atoms with Crippen molar-refractivity contribution in [2.24, 2.45) is 0 Å². The molecular weight excluding hydrogens is 668 g/mol. The first-order valence-corrected chi connectivity index (χ1v) is 16.1. The van der Waals surface area contributed by atoms with Crippen LogP contribution in [0.1, 0.15) is 90.4 Å². The van der Waals surface area contributed by atoms with Crippen molar-refractivity contribution in [2.45, 2.75) is 38.5 Å². The molecule has 4 rings (SSSR count). The molecule has 12 heteroatoms. The van der Waals surface area contributed by atoms with Crippen LogP contribution in [-0.4, -0.2) is 73.0 Å². The third-order valence-corrected chi connectivity index (χ3v) is 7.84. The second kappa shape index (κ2) is 17.4. The zero-order valence-electron chi connectivity index (χ0n) is 29.0. The Balaban J connectivity index is 0.000000276. The van der Waals surface area contributed by atoms with E-state index in [1.54, 1.807) is 26.2 Å². The quantitative estimate of drug-likeness (QED) is 0.118. The molecule has 4 aromatic carbocycles. The molecular formula is C39H40F4N2O6. The van der Waals surface area contributed by atoms with Crippen LogP contribution in [0.15, 0.2) is 97.1 Å². The van der Waals surface area contributed by atoms with Crippen molar-refractivity contribution in [3.05, 3.63) is 142 Å². The first-order valence-electron chi connectivity index (χ1n) is 16.1. The Kier molecular flexibility index (Phi) is 13.6. The molecule has 2 amide bonds. The summed E-state index contributed by atoms with van der Waals surface area (Å²) in [4.78, 5) is 51.0. The Hall–Kier alpha value is -5.52. The minimum absolute atomic E-state index is 0.0226. The van der Waals surface area contributed by atoms with E-state index in [1.165, 1.54) is 64.4 Å². The fraction of sp³-hybridized carbons (Fsp3) is 0.282. The van der Waals surface area contributed by atoms with Crippen molar-refractivity contribution >= 4 is 23.8 Å². The number of hydrogen-bond acceptors (Lipinski definition) is 5. The number of carbonyl (C=O) groups excluding carboxylic acids is 3. The Morgan fingerprint density at radius 3 is 1.29 bits per heavy atom. The summed E-state index contributed by atoms with van der Waals surface area (Å²) in [6, 6.07) is 20.9. The molecule has 0 saturated carbocycles. The van der Waals surface area contributed by atoms with Gasteiger partial charge in [0.15, 0.2) is 0 Å². The van der Waals surface area contributed by atoms with Gasteiger partial charge in [-0.3, -0.25) is 9.59 Å². The summed E-state index contributed by atoms with van der Waals surface area (Å²) in [6.45, 7) is 4.71. The molecule has 0 aliphatic carbocycles. The smallest absolute Gasteiger partial charge is 0.337 e. The molecule has 0 heterocycles. The van der Waals surface area contributed by atoms with Gasteiger partial charge in [0.05, 0.1) is 18.2 Å². The van der Waals surface area contributed by atoms with Crippen molar-refractivity contribution in [1.29, 1.82) is 0 Å². The van der Waals surface area contributed by atoms with Crippen molar-refractivity contribution in [2.75, 3.05) is 34.3 Å². The normalized spacial score (nSPS) is 11.2. The highest BCUT2D eigenvalue weighted by Crippen LogP contribution is 2.38. The average molecular weight is 709 g/mol. The predicted molar refractivity (Wildman–Crippen MR) is 185 cm³/mol. The number of nitrogens with zero attached hydrogens (tertiary/aromatic N) is 2. The Morgan fingerprint density at radius 1 is 0.588 bits per heavy atom. The molecule has 0 radical (unpaired) electrons. The van der Waals surface area contributed by atoms with Gasteiger partial charge < -0.3 is 19.6 Å². The van der Waals surface area contributed by atoms with Crippen LogP contribution in [0.3, 0.4) is 0 Å². The summed E-state index contributed by atoms with van der Waals surface area (Å²) in [5.74, 6) is -9.83. The number of carbonyl (C=O) groups is 4. The summed E-state index contributed by atoms with van der Waals surface area (Å²) in [5.41, 5.74) is -1.92. The van der Waals surface area contributed by atoms with Crippen LogP contribution in [0.5, 0.6) is 0 Å². The minimum atomic E-state index is -3.41. The summed E-state index contributed by atoms with van der Waals surface area (Å²) in [5, 5.41) is 9.22. The van der Waals surface area contributed by atoms with Crippen LogP contribution in [0.25, 0.3) is 0 Å². The second-order valence-electron chi connectivity index (χ2n) is 11.7. The number of amides is 2. The summed E-state index contributed by atoms with van der Waals surface area (Å²) in [6.07, 6.45) is 1.43. The van der Waals surface area contributed by atoms with Crippen LogP contribution in [-0.2, 0) is 16.6 Å². The third-order valence-electron chi connectivity index (χ3n) is 7.84. The maximum Gasteiger partial charge on any atom is 0.337 e. The monoisotopic (exact) mass is 708 g/mol. The second-order valence-corrected chi connectivity index (χ2v) is 11.7. The van der Waals surface area contributed by atoms with Gasteiger partial charge >= 0.3 is 11.9 Å². The highest BCUT2D eigenvalue weighted by molar-refractivity contribution is 5.99. The third kappa shape index (κ3) is 9.80. The lowest BCUT2D eigenvalue weighted by molar-refractivity contribution is 0.0417. The predicted octanol–water partition coefficient (Wildman–Crippen LogP) is 8.10. The van der Waals surface area contributed by atoms with E-state index in [4.69, 9.17) is 0 Å². The van der Waals surface area contributed by atoms with Gasteiger partial charge in [-0.05, 0) is 49.2 Å². The van der Waals surface area contributed by atoms with Gasteiger partial charge in [-0.15, -0.1) is 0 Å². The molecule has 8 nitrogen and oxygen atoms in total. The van der Waals surface area contributed by atoms with Gasteiger partial charge in [-0.1, -0.05) is 74.5 Å². The topological polar surface area (TPSA) is 104 Å². The van der Waals surface area contributed by atoms with Crippen molar-refractivity contribution < 1.29 is 46.6 Å². The molecule has 4 aromatic rings. The number of rotatable bonds is 12. The number of hydrogen-bond donors (Lipinski definition) is 1. The zero-order valence-corrected chi connectivity index (χ0v) is 29.0. The van der Waals surface area contributed by atoms with Gasteiger partial charge in [0, 0.05) is 60.6 Å². The van der Waals surface area contributed by atoms with Crippen molar-refractivity contribution in [3.8, 4) is 0 Å². The Bertz CT molecular complexity index is 1830. The van der Waals surface area contributed by atoms with E-state index < -0.39 is 46.7 Å². The van der Waals surface area contributed by atoms with Crippen LogP contribution < -0.4 is 0 Å². The maximum atomic E-state index is 15.0. The SMILES string of the molecule is CCCN(C)C(=O)c1cc(C(=O)O)cc(C(F)(F)c2ccccc2)c1.CCCN(C)C(=O)c1cc(C(=O)OC)cc(C(F)(F)c2ccccc2)c1. The minimum Gasteiger partial charge on any atom is -0.478 e. The molecule has 0 aliphatic rings. The van der Waals surface area contributed by atoms with Gasteiger partial charge in [0.1, 0.15) is 0 Å².